The van der Waals surface area contributed by atoms with Crippen LogP contribution in [0.25, 0.3) is 0 Å². The van der Waals surface area contributed by atoms with Gasteiger partial charge in [-0.15, -0.1) is 0 Å². The van der Waals surface area contributed by atoms with Crippen molar-refractivity contribution in [3.05, 3.63) is 85.1 Å². The Hall–Kier alpha value is -3.44. The maximum Gasteiger partial charge on any atom is 0.311 e. The summed E-state index contributed by atoms with van der Waals surface area (Å²) in [7, 11) is 0. The summed E-state index contributed by atoms with van der Waals surface area (Å²) >= 11 is 0. The van der Waals surface area contributed by atoms with E-state index >= 15 is 0 Å². The van der Waals surface area contributed by atoms with E-state index in [9.17, 15) is 65.8 Å². The Kier molecular flexibility index (Phi) is 23.6. The summed E-state index contributed by atoms with van der Waals surface area (Å²) in [6.45, 7) is 6.74. The molecular formula is C47H73NO17. The highest BCUT2D eigenvalue weighted by Crippen LogP contribution is 2.38. The van der Waals surface area contributed by atoms with Crippen molar-refractivity contribution in [2.24, 2.45) is 23.5 Å². The van der Waals surface area contributed by atoms with Crippen LogP contribution in [0.15, 0.2) is 85.1 Å². The maximum atomic E-state index is 12.6. The number of nitrogens with two attached hydrogens (primary N) is 1. The zero-order valence-corrected chi connectivity index (χ0v) is 37.6. The molecule has 368 valence electrons. The molecule has 0 spiro atoms. The van der Waals surface area contributed by atoms with Crippen molar-refractivity contribution in [2.75, 3.05) is 0 Å². The van der Waals surface area contributed by atoms with Crippen LogP contribution < -0.4 is 5.73 Å². The van der Waals surface area contributed by atoms with E-state index in [0.29, 0.717) is 0 Å². The molecule has 0 amide bonds. The van der Waals surface area contributed by atoms with Crippen molar-refractivity contribution in [1.29, 1.82) is 0 Å². The molecule has 13 N–H and O–H groups in total. The number of fused-ring (bicyclic) bond motifs is 2. The van der Waals surface area contributed by atoms with Crippen LogP contribution in [0.5, 0.6) is 0 Å². The van der Waals surface area contributed by atoms with Gasteiger partial charge in [0.05, 0.1) is 79.6 Å². The van der Waals surface area contributed by atoms with Crippen molar-refractivity contribution in [2.45, 2.75) is 177 Å². The van der Waals surface area contributed by atoms with E-state index in [-0.39, 0.29) is 31.6 Å². The number of carboxylic acids is 1. The molecule has 0 aromatic heterocycles. The molecule has 1 unspecified atom stereocenters. The average Bonchev–Trinajstić information content (AvgIpc) is 3.21. The summed E-state index contributed by atoms with van der Waals surface area (Å²) in [6.07, 6.45) is 3.46. The first-order valence-corrected chi connectivity index (χ1v) is 22.3. The van der Waals surface area contributed by atoms with Crippen LogP contribution in [0, 0.1) is 17.8 Å². The van der Waals surface area contributed by atoms with Crippen LogP contribution >= 0.6 is 0 Å². The molecule has 0 aromatic rings. The fourth-order valence-corrected chi connectivity index (χ4v) is 7.97. The number of carbonyl (C=O) groups excluding carboxylic acids is 1. The third kappa shape index (κ3) is 18.6. The highest BCUT2D eigenvalue weighted by atomic mass is 16.7. The lowest BCUT2D eigenvalue weighted by Crippen LogP contribution is -2.61. The van der Waals surface area contributed by atoms with Crippen LogP contribution in [0.3, 0.4) is 0 Å². The standard InChI is InChI=1S/C47H73NO17/c1-27-17-15-13-11-9-7-5-6-8-10-12-14-16-18-34(64-46-44(58)41(48)43(57)30(4)63-46)24-38-40(45(59)60)37(54)26-47(61,65-38)25-33(51)22-36(53)35(52)20-19-31(49)21-32(50)23-39(55)62-29(3)28(2)42(27)56/h5-18,27-38,40-44,46,49-54,56-58,61H,19-26,48H2,1-4H3,(H,59,60)/b6-5+,9-7+,10-8+,13-11+,14-12+,17-15+,18-16+/t27-,28-,29-,30-,31+,32+,33-,34-,35+,36+,37-,38-,40+,41+,42+,43-,44+,46+,47?/m0/s1. The van der Waals surface area contributed by atoms with Crippen LogP contribution in [0.1, 0.15) is 79.1 Å². The number of aliphatic hydroxyl groups is 10. The lowest BCUT2D eigenvalue weighted by atomic mass is 9.82. The predicted molar refractivity (Wildman–Crippen MR) is 237 cm³/mol. The molecule has 65 heavy (non-hydrogen) atoms. The Balaban J connectivity index is 1.86. The van der Waals surface area contributed by atoms with E-state index in [1.807, 2.05) is 19.1 Å². The number of allylic oxidation sites excluding steroid dienone is 12. The average molecular weight is 924 g/mol. The molecule has 0 saturated carbocycles. The highest BCUT2D eigenvalue weighted by molar-refractivity contribution is 5.71. The van der Waals surface area contributed by atoms with Gasteiger partial charge in [-0.3, -0.25) is 9.59 Å². The number of aliphatic carboxylic acids is 1. The summed E-state index contributed by atoms with van der Waals surface area (Å²) in [5, 5.41) is 118. The van der Waals surface area contributed by atoms with Crippen LogP contribution in [0.2, 0.25) is 0 Å². The van der Waals surface area contributed by atoms with Gasteiger partial charge >= 0.3 is 11.9 Å². The summed E-state index contributed by atoms with van der Waals surface area (Å²) in [5.41, 5.74) is 6.02. The van der Waals surface area contributed by atoms with Gasteiger partial charge in [-0.2, -0.15) is 0 Å². The Morgan fingerprint density at radius 2 is 1.23 bits per heavy atom. The summed E-state index contributed by atoms with van der Waals surface area (Å²) in [6, 6.07) is -1.15. The first-order valence-electron chi connectivity index (χ1n) is 22.3. The Labute approximate surface area is 381 Å². The monoisotopic (exact) mass is 923 g/mol. The molecule has 18 heteroatoms. The Bertz CT molecular complexity index is 1670. The van der Waals surface area contributed by atoms with E-state index < -0.39 is 147 Å². The van der Waals surface area contributed by atoms with Gasteiger partial charge in [0.25, 0.3) is 0 Å². The first kappa shape index (κ1) is 55.9. The predicted octanol–water partition coefficient (Wildman–Crippen LogP) is 0.712. The van der Waals surface area contributed by atoms with E-state index in [2.05, 4.69) is 0 Å². The number of carboxylic acid groups (broad SMARTS) is 1. The number of cyclic esters (lactones) is 1. The summed E-state index contributed by atoms with van der Waals surface area (Å²) < 4.78 is 23.1. The maximum absolute atomic E-state index is 12.6. The number of ether oxygens (including phenoxy) is 4. The van der Waals surface area contributed by atoms with Crippen molar-refractivity contribution < 1.29 is 84.7 Å². The van der Waals surface area contributed by atoms with E-state index in [1.54, 1.807) is 80.7 Å². The number of carbonyl (C=O) groups is 2. The normalized spacial score (nSPS) is 45.5. The number of esters is 1. The zero-order valence-electron chi connectivity index (χ0n) is 37.6. The zero-order chi connectivity index (χ0) is 48.4. The van der Waals surface area contributed by atoms with Crippen molar-refractivity contribution >= 4 is 11.9 Å². The molecular weight excluding hydrogens is 851 g/mol. The van der Waals surface area contributed by atoms with Gasteiger partial charge in [0.1, 0.15) is 18.1 Å². The van der Waals surface area contributed by atoms with Crippen molar-refractivity contribution in [1.82, 2.24) is 0 Å². The lowest BCUT2D eigenvalue weighted by molar-refractivity contribution is -0.308. The second-order valence-electron chi connectivity index (χ2n) is 17.6. The van der Waals surface area contributed by atoms with Gasteiger partial charge in [-0.25, -0.2) is 0 Å². The number of rotatable bonds is 3. The molecule has 0 aliphatic carbocycles. The topological polar surface area (TPSA) is 320 Å². The van der Waals surface area contributed by atoms with Gasteiger partial charge in [-0.05, 0) is 33.1 Å². The fraction of sp³-hybridized carbons (Fsp3) is 0.660. The molecule has 19 atom stereocenters. The minimum atomic E-state index is -2.33. The third-order valence-electron chi connectivity index (χ3n) is 12.0. The molecule has 0 aromatic carbocycles. The first-order chi connectivity index (χ1) is 30.6. The van der Waals surface area contributed by atoms with Crippen molar-refractivity contribution in [3.63, 3.8) is 0 Å². The second kappa shape index (κ2) is 27.4. The fourth-order valence-electron chi connectivity index (χ4n) is 7.97. The quantitative estimate of drug-likeness (QED) is 0.174. The smallest absolute Gasteiger partial charge is 0.311 e. The van der Waals surface area contributed by atoms with E-state index in [4.69, 9.17) is 24.7 Å². The van der Waals surface area contributed by atoms with Crippen LogP contribution in [-0.2, 0) is 28.5 Å². The number of aliphatic hydroxyl groups excluding tert-OH is 9. The van der Waals surface area contributed by atoms with Gasteiger partial charge in [-0.1, -0.05) is 98.9 Å². The van der Waals surface area contributed by atoms with Gasteiger partial charge in [0.2, 0.25) is 0 Å². The molecule has 18 nitrogen and oxygen atoms in total. The molecule has 3 heterocycles. The van der Waals surface area contributed by atoms with E-state index in [0.717, 1.165) is 0 Å². The molecule has 2 fully saturated rings. The SMILES string of the molecule is C[C@@H]1[C@H](O)[C@@H](C)/C=C/C=C/C=C/C=C/C=C/C=C/C=C/[C@H](O[C@H]2O[C@@H](C)[C@H](O)[C@@H](N)[C@H]2O)C[C@@H]2OC(O)(C[C@@H](O)C[C@@H](O)[C@H](O)CC[C@@H](O)C[C@@H](O)CC(=O)O[C@H]1C)C[C@H](O)[C@H]2C(=O)O. The van der Waals surface area contributed by atoms with Crippen LogP contribution in [-0.4, -0.2) is 166 Å². The Morgan fingerprint density at radius 3 is 1.82 bits per heavy atom. The third-order valence-corrected chi connectivity index (χ3v) is 12.0. The highest BCUT2D eigenvalue weighted by Gasteiger charge is 2.51. The Morgan fingerprint density at radius 1 is 0.662 bits per heavy atom. The van der Waals surface area contributed by atoms with Crippen molar-refractivity contribution in [3.8, 4) is 0 Å². The molecule has 3 aliphatic heterocycles. The minimum Gasteiger partial charge on any atom is -0.481 e. The molecule has 3 aliphatic rings. The minimum absolute atomic E-state index is 0.107. The number of hydrogen-bond acceptors (Lipinski definition) is 17. The lowest BCUT2D eigenvalue weighted by Gasteiger charge is -2.45. The molecule has 3 rings (SSSR count). The number of hydrogen-bond donors (Lipinski definition) is 12. The van der Waals surface area contributed by atoms with E-state index in [1.165, 1.54) is 13.0 Å². The molecule has 2 saturated heterocycles. The van der Waals surface area contributed by atoms with Gasteiger partial charge < -0.3 is 80.9 Å². The van der Waals surface area contributed by atoms with Crippen LogP contribution in [0.4, 0.5) is 0 Å². The molecule has 0 radical (unpaired) electrons. The van der Waals surface area contributed by atoms with Gasteiger partial charge in [0, 0.05) is 37.5 Å². The largest absolute Gasteiger partial charge is 0.481 e. The summed E-state index contributed by atoms with van der Waals surface area (Å²) in [5.74, 6) is -6.83. The molecule has 2 bridgehead atoms. The summed E-state index contributed by atoms with van der Waals surface area (Å²) in [4.78, 5) is 25.1. The second-order valence-corrected chi connectivity index (χ2v) is 17.6. The van der Waals surface area contributed by atoms with Gasteiger partial charge in [0.15, 0.2) is 12.1 Å².